The fourth-order valence-corrected chi connectivity index (χ4v) is 1.11. The molecular weight excluding hydrogens is 257 g/mol. The van der Waals surface area contributed by atoms with Gasteiger partial charge in [0.15, 0.2) is 12.4 Å². The predicted molar refractivity (Wildman–Crippen MR) is 62.5 cm³/mol. The van der Waals surface area contributed by atoms with Gasteiger partial charge in [-0.05, 0) is 20.8 Å². The summed E-state index contributed by atoms with van der Waals surface area (Å²) in [4.78, 5) is 37.2. The van der Waals surface area contributed by atoms with Crippen LogP contribution < -0.4 is 11.3 Å². The Bertz CT molecular complexity index is 574. The lowest BCUT2D eigenvalue weighted by Crippen LogP contribution is -2.34. The van der Waals surface area contributed by atoms with E-state index < -0.39 is 41.2 Å². The fourth-order valence-electron chi connectivity index (χ4n) is 1.11. The molecule has 104 valence electrons. The van der Waals surface area contributed by atoms with Crippen LogP contribution in [0, 0.1) is 11.4 Å². The topological polar surface area (TPSA) is 104 Å². The Kier molecular flexibility index (Phi) is 4.03. The molecule has 8 heteroatoms. The van der Waals surface area contributed by atoms with Crippen molar-refractivity contribution in [2.24, 2.45) is 11.1 Å². The summed E-state index contributed by atoms with van der Waals surface area (Å²) < 4.78 is 18.7. The number of hydrogen-bond donors (Lipinski definition) is 1. The second kappa shape index (κ2) is 5.17. The van der Waals surface area contributed by atoms with Gasteiger partial charge in [0.25, 0.3) is 11.5 Å². The second-order valence-electron chi connectivity index (χ2n) is 4.86. The zero-order valence-corrected chi connectivity index (χ0v) is 10.8. The molecule has 0 saturated heterocycles. The van der Waals surface area contributed by atoms with Crippen molar-refractivity contribution in [2.45, 2.75) is 27.5 Å². The molecule has 0 bridgehead atoms. The summed E-state index contributed by atoms with van der Waals surface area (Å²) in [6, 6.07) is 0. The Hall–Kier alpha value is -2.25. The van der Waals surface area contributed by atoms with Gasteiger partial charge < -0.3 is 10.5 Å². The van der Waals surface area contributed by atoms with Crippen molar-refractivity contribution in [2.75, 3.05) is 0 Å². The molecule has 0 saturated carbocycles. The van der Waals surface area contributed by atoms with Crippen molar-refractivity contribution in [3.63, 3.8) is 0 Å². The Labute approximate surface area is 108 Å². The second-order valence-corrected chi connectivity index (χ2v) is 4.86. The van der Waals surface area contributed by atoms with Crippen molar-refractivity contribution in [3.8, 4) is 0 Å². The lowest BCUT2D eigenvalue weighted by Gasteiger charge is -2.17. The molecule has 0 aliphatic rings. The van der Waals surface area contributed by atoms with Gasteiger partial charge in [-0.25, -0.2) is 4.98 Å². The maximum Gasteiger partial charge on any atom is 0.312 e. The SMILES string of the molecule is CC(C)(C)C(=O)OCn1cc(F)nc(C(N)=O)c1=O. The number of amides is 1. The van der Waals surface area contributed by atoms with Gasteiger partial charge >= 0.3 is 5.97 Å². The minimum atomic E-state index is -1.15. The van der Waals surface area contributed by atoms with Crippen molar-refractivity contribution in [1.82, 2.24) is 9.55 Å². The lowest BCUT2D eigenvalue weighted by atomic mass is 9.98. The Morgan fingerprint density at radius 3 is 2.53 bits per heavy atom. The summed E-state index contributed by atoms with van der Waals surface area (Å²) in [6.45, 7) is 4.36. The number of carbonyl (C=O) groups is 2. The molecule has 0 fully saturated rings. The summed E-state index contributed by atoms with van der Waals surface area (Å²) in [6.07, 6.45) is 0.727. The summed E-state index contributed by atoms with van der Waals surface area (Å²) >= 11 is 0. The van der Waals surface area contributed by atoms with Crippen molar-refractivity contribution in [1.29, 1.82) is 0 Å². The van der Waals surface area contributed by atoms with E-state index in [0.717, 1.165) is 6.20 Å². The Morgan fingerprint density at radius 1 is 1.47 bits per heavy atom. The molecule has 1 aromatic rings. The van der Waals surface area contributed by atoms with Crippen LogP contribution >= 0.6 is 0 Å². The third-order valence-corrected chi connectivity index (χ3v) is 2.12. The van der Waals surface area contributed by atoms with E-state index >= 15 is 0 Å². The molecule has 1 rings (SSSR count). The van der Waals surface area contributed by atoms with Gasteiger partial charge in [0.05, 0.1) is 11.6 Å². The normalized spacial score (nSPS) is 11.2. The maximum absolute atomic E-state index is 13.1. The number of aromatic nitrogens is 2. The van der Waals surface area contributed by atoms with Gasteiger partial charge in [0, 0.05) is 0 Å². The van der Waals surface area contributed by atoms with E-state index in [0.29, 0.717) is 4.57 Å². The van der Waals surface area contributed by atoms with Crippen molar-refractivity contribution < 1.29 is 18.7 Å². The molecule has 0 atom stereocenters. The molecule has 0 aliphatic carbocycles. The summed E-state index contributed by atoms with van der Waals surface area (Å²) in [5, 5.41) is 0. The molecule has 19 heavy (non-hydrogen) atoms. The minimum Gasteiger partial charge on any atom is -0.443 e. The molecule has 2 N–H and O–H groups in total. The van der Waals surface area contributed by atoms with E-state index in [9.17, 15) is 18.8 Å². The zero-order chi connectivity index (χ0) is 14.8. The highest BCUT2D eigenvalue weighted by molar-refractivity contribution is 5.90. The quantitative estimate of drug-likeness (QED) is 0.781. The minimum absolute atomic E-state index is 0.519. The van der Waals surface area contributed by atoms with Crippen LogP contribution in [0.4, 0.5) is 4.39 Å². The third-order valence-electron chi connectivity index (χ3n) is 2.12. The first-order chi connectivity index (χ1) is 8.62. The summed E-state index contributed by atoms with van der Waals surface area (Å²) in [5.74, 6) is -2.79. The highest BCUT2D eigenvalue weighted by Gasteiger charge is 2.23. The lowest BCUT2D eigenvalue weighted by molar-refractivity contribution is -0.157. The van der Waals surface area contributed by atoms with Crippen LogP contribution in [-0.4, -0.2) is 21.4 Å². The largest absolute Gasteiger partial charge is 0.443 e. The summed E-state index contributed by atoms with van der Waals surface area (Å²) in [7, 11) is 0. The molecule has 0 radical (unpaired) electrons. The number of primary amides is 1. The van der Waals surface area contributed by atoms with Crippen LogP contribution in [0.15, 0.2) is 11.0 Å². The number of esters is 1. The van der Waals surface area contributed by atoms with Crippen LogP contribution in [-0.2, 0) is 16.3 Å². The van der Waals surface area contributed by atoms with E-state index in [-0.39, 0.29) is 0 Å². The van der Waals surface area contributed by atoms with Gasteiger partial charge in [-0.15, -0.1) is 0 Å². The molecule has 0 spiro atoms. The molecule has 0 unspecified atom stereocenters. The zero-order valence-electron chi connectivity index (χ0n) is 10.8. The maximum atomic E-state index is 13.1. The highest BCUT2D eigenvalue weighted by Crippen LogP contribution is 2.15. The first-order valence-corrected chi connectivity index (χ1v) is 5.37. The smallest absolute Gasteiger partial charge is 0.312 e. The van der Waals surface area contributed by atoms with Crippen molar-refractivity contribution >= 4 is 11.9 Å². The number of hydrogen-bond acceptors (Lipinski definition) is 5. The van der Waals surface area contributed by atoms with Gasteiger partial charge in [-0.1, -0.05) is 0 Å². The van der Waals surface area contributed by atoms with Crippen LogP contribution in [0.5, 0.6) is 0 Å². The van der Waals surface area contributed by atoms with E-state index in [4.69, 9.17) is 10.5 Å². The van der Waals surface area contributed by atoms with E-state index in [1.165, 1.54) is 0 Å². The molecule has 1 heterocycles. The van der Waals surface area contributed by atoms with E-state index in [2.05, 4.69) is 4.98 Å². The highest BCUT2D eigenvalue weighted by atomic mass is 19.1. The number of halogens is 1. The van der Waals surface area contributed by atoms with Crippen LogP contribution in [0.1, 0.15) is 31.3 Å². The third kappa shape index (κ3) is 3.60. The average molecular weight is 271 g/mol. The number of rotatable bonds is 3. The Balaban J connectivity index is 3.00. The first kappa shape index (κ1) is 14.8. The van der Waals surface area contributed by atoms with Crippen LogP contribution in [0.25, 0.3) is 0 Å². The standard InChI is InChI=1S/C11H14FN3O4/c1-11(2,3)10(18)19-5-15-4-6(12)14-7(8(13)16)9(15)17/h4H,5H2,1-3H3,(H2,13,16). The van der Waals surface area contributed by atoms with E-state index in [1.807, 2.05) is 0 Å². The summed E-state index contributed by atoms with van der Waals surface area (Å²) in [5.41, 5.74) is 2.46. The molecule has 1 amide bonds. The molecular formula is C11H14FN3O4. The van der Waals surface area contributed by atoms with Crippen LogP contribution in [0.2, 0.25) is 0 Å². The molecule has 1 aromatic heterocycles. The first-order valence-electron chi connectivity index (χ1n) is 5.37. The van der Waals surface area contributed by atoms with Gasteiger partial charge in [-0.3, -0.25) is 19.0 Å². The fraction of sp³-hybridized carbons (Fsp3) is 0.455. The van der Waals surface area contributed by atoms with Crippen molar-refractivity contribution in [3.05, 3.63) is 28.2 Å². The predicted octanol–water partition coefficient (Wildman–Crippen LogP) is 0.0281. The van der Waals surface area contributed by atoms with E-state index in [1.54, 1.807) is 20.8 Å². The average Bonchev–Trinajstić information content (AvgIpc) is 2.27. The number of nitrogens with two attached hydrogens (primary N) is 1. The number of carbonyl (C=O) groups excluding carboxylic acids is 2. The molecule has 7 nitrogen and oxygen atoms in total. The molecule has 0 aliphatic heterocycles. The number of ether oxygens (including phenoxy) is 1. The Morgan fingerprint density at radius 2 is 2.05 bits per heavy atom. The van der Waals surface area contributed by atoms with Gasteiger partial charge in [0.2, 0.25) is 5.95 Å². The number of nitrogens with zero attached hydrogens (tertiary/aromatic N) is 2. The molecule has 0 aromatic carbocycles. The van der Waals surface area contributed by atoms with Crippen LogP contribution in [0.3, 0.4) is 0 Å². The van der Waals surface area contributed by atoms with Gasteiger partial charge in [-0.2, -0.15) is 4.39 Å². The van der Waals surface area contributed by atoms with Gasteiger partial charge in [0.1, 0.15) is 0 Å². The monoisotopic (exact) mass is 271 g/mol.